The number of fused-ring (bicyclic) bond motifs is 2. The SMILES string of the molecule is c1ccc(NCCCNC2CCN3CCO[C@H]2C3)cc1. The first-order valence-corrected chi connectivity index (χ1v) is 7.78. The summed E-state index contributed by atoms with van der Waals surface area (Å²) < 4.78 is 5.87. The predicted molar refractivity (Wildman–Crippen MR) is 82.1 cm³/mol. The van der Waals surface area contributed by atoms with Crippen molar-refractivity contribution in [2.24, 2.45) is 0 Å². The molecule has 2 aliphatic heterocycles. The fourth-order valence-corrected chi connectivity index (χ4v) is 3.08. The molecule has 4 nitrogen and oxygen atoms in total. The van der Waals surface area contributed by atoms with Crippen molar-refractivity contribution in [3.63, 3.8) is 0 Å². The molecule has 0 amide bonds. The maximum absolute atomic E-state index is 5.87. The summed E-state index contributed by atoms with van der Waals surface area (Å²) in [7, 11) is 0. The van der Waals surface area contributed by atoms with Gasteiger partial charge in [-0.3, -0.25) is 4.90 Å². The minimum absolute atomic E-state index is 0.402. The number of hydrogen-bond acceptors (Lipinski definition) is 4. The zero-order valence-electron chi connectivity index (χ0n) is 12.1. The first-order chi connectivity index (χ1) is 9.92. The van der Waals surface area contributed by atoms with Gasteiger partial charge in [-0.05, 0) is 38.1 Å². The third-order valence-corrected chi connectivity index (χ3v) is 4.25. The van der Waals surface area contributed by atoms with Crippen LogP contribution in [0.4, 0.5) is 5.69 Å². The van der Waals surface area contributed by atoms with Crippen LogP contribution in [0.5, 0.6) is 0 Å². The Hall–Kier alpha value is -1.10. The Kier molecular flexibility index (Phi) is 4.90. The number of para-hydroxylation sites is 1. The van der Waals surface area contributed by atoms with E-state index < -0.39 is 0 Å². The van der Waals surface area contributed by atoms with E-state index in [1.54, 1.807) is 0 Å². The van der Waals surface area contributed by atoms with Gasteiger partial charge in [0.1, 0.15) is 0 Å². The largest absolute Gasteiger partial charge is 0.385 e. The van der Waals surface area contributed by atoms with Gasteiger partial charge in [-0.15, -0.1) is 0 Å². The summed E-state index contributed by atoms with van der Waals surface area (Å²) in [5, 5.41) is 7.12. The molecule has 2 N–H and O–H groups in total. The van der Waals surface area contributed by atoms with Gasteiger partial charge in [-0.25, -0.2) is 0 Å². The second kappa shape index (κ2) is 7.07. The molecule has 0 radical (unpaired) electrons. The van der Waals surface area contributed by atoms with E-state index in [0.29, 0.717) is 12.1 Å². The van der Waals surface area contributed by atoms with E-state index >= 15 is 0 Å². The van der Waals surface area contributed by atoms with Gasteiger partial charge in [0.15, 0.2) is 0 Å². The average Bonchev–Trinajstić information content (AvgIpc) is 2.50. The molecule has 2 heterocycles. The van der Waals surface area contributed by atoms with Gasteiger partial charge < -0.3 is 15.4 Å². The van der Waals surface area contributed by atoms with Crippen molar-refractivity contribution >= 4 is 5.69 Å². The summed E-state index contributed by atoms with van der Waals surface area (Å²) in [5.74, 6) is 0. The summed E-state index contributed by atoms with van der Waals surface area (Å²) in [6.45, 7) is 6.42. The standard InChI is InChI=1S/C16H25N3O/c1-2-5-14(6-3-1)17-8-4-9-18-15-7-10-19-11-12-20-16(15)13-19/h1-3,5-6,15-18H,4,7-13H2/t15?,16-/m0/s1. The van der Waals surface area contributed by atoms with Crippen LogP contribution >= 0.6 is 0 Å². The quantitative estimate of drug-likeness (QED) is 0.772. The molecule has 2 fully saturated rings. The van der Waals surface area contributed by atoms with E-state index in [1.165, 1.54) is 18.7 Å². The molecule has 0 aromatic heterocycles. The Labute approximate surface area is 121 Å². The first kappa shape index (κ1) is 13.9. The zero-order chi connectivity index (χ0) is 13.6. The number of ether oxygens (including phenoxy) is 1. The summed E-state index contributed by atoms with van der Waals surface area (Å²) in [6.07, 6.45) is 2.76. The van der Waals surface area contributed by atoms with Crippen LogP contribution < -0.4 is 10.6 Å². The van der Waals surface area contributed by atoms with Crippen molar-refractivity contribution in [3.05, 3.63) is 30.3 Å². The molecule has 20 heavy (non-hydrogen) atoms. The van der Waals surface area contributed by atoms with Crippen LogP contribution in [0.3, 0.4) is 0 Å². The highest BCUT2D eigenvalue weighted by atomic mass is 16.5. The summed E-state index contributed by atoms with van der Waals surface area (Å²) >= 11 is 0. The summed E-state index contributed by atoms with van der Waals surface area (Å²) in [6, 6.07) is 10.9. The molecular weight excluding hydrogens is 250 g/mol. The number of rotatable bonds is 6. The van der Waals surface area contributed by atoms with Crippen LogP contribution in [-0.4, -0.2) is 56.4 Å². The number of hydrogen-bond donors (Lipinski definition) is 2. The number of benzene rings is 1. The van der Waals surface area contributed by atoms with Crippen molar-refractivity contribution in [2.45, 2.75) is 25.0 Å². The molecule has 0 spiro atoms. The number of anilines is 1. The zero-order valence-corrected chi connectivity index (χ0v) is 12.1. The van der Waals surface area contributed by atoms with Gasteiger partial charge in [-0.2, -0.15) is 0 Å². The van der Waals surface area contributed by atoms with Crippen molar-refractivity contribution in [3.8, 4) is 0 Å². The fourth-order valence-electron chi connectivity index (χ4n) is 3.08. The highest BCUT2D eigenvalue weighted by Crippen LogP contribution is 2.17. The average molecular weight is 275 g/mol. The molecule has 2 bridgehead atoms. The second-order valence-electron chi connectivity index (χ2n) is 5.71. The van der Waals surface area contributed by atoms with E-state index in [9.17, 15) is 0 Å². The molecular formula is C16H25N3O. The molecule has 3 atom stereocenters. The molecule has 110 valence electrons. The Balaban J connectivity index is 1.32. The third kappa shape index (κ3) is 3.72. The molecule has 0 saturated carbocycles. The molecule has 1 aromatic rings. The van der Waals surface area contributed by atoms with Crippen molar-refractivity contribution in [1.82, 2.24) is 10.2 Å². The summed E-state index contributed by atoms with van der Waals surface area (Å²) in [4.78, 5) is 2.52. The third-order valence-electron chi connectivity index (χ3n) is 4.25. The molecule has 3 rings (SSSR count). The maximum atomic E-state index is 5.87. The highest BCUT2D eigenvalue weighted by molar-refractivity contribution is 5.42. The summed E-state index contributed by atoms with van der Waals surface area (Å²) in [5.41, 5.74) is 1.21. The van der Waals surface area contributed by atoms with Crippen LogP contribution in [0.25, 0.3) is 0 Å². The lowest BCUT2D eigenvalue weighted by Crippen LogP contribution is -2.57. The first-order valence-electron chi connectivity index (χ1n) is 7.78. The van der Waals surface area contributed by atoms with E-state index in [2.05, 4.69) is 39.8 Å². The van der Waals surface area contributed by atoms with Gasteiger partial charge in [0.05, 0.1) is 12.7 Å². The normalized spacial score (nSPS) is 29.1. The van der Waals surface area contributed by atoms with Crippen LogP contribution in [-0.2, 0) is 4.74 Å². The monoisotopic (exact) mass is 275 g/mol. The molecule has 4 heteroatoms. The number of piperidine rings is 1. The van der Waals surface area contributed by atoms with Crippen molar-refractivity contribution in [1.29, 1.82) is 0 Å². The Morgan fingerprint density at radius 1 is 1.15 bits per heavy atom. The van der Waals surface area contributed by atoms with Gasteiger partial charge >= 0.3 is 0 Å². The molecule has 2 unspecified atom stereocenters. The van der Waals surface area contributed by atoms with Crippen molar-refractivity contribution in [2.75, 3.05) is 44.6 Å². The number of nitrogens with one attached hydrogen (secondary N) is 2. The van der Waals surface area contributed by atoms with E-state index in [4.69, 9.17) is 4.74 Å². The van der Waals surface area contributed by atoms with Crippen molar-refractivity contribution < 1.29 is 4.74 Å². The van der Waals surface area contributed by atoms with Crippen LogP contribution in [0.2, 0.25) is 0 Å². The van der Waals surface area contributed by atoms with Gasteiger partial charge in [-0.1, -0.05) is 18.2 Å². The van der Waals surface area contributed by atoms with Gasteiger partial charge in [0, 0.05) is 31.4 Å². The van der Waals surface area contributed by atoms with Gasteiger partial charge in [0.2, 0.25) is 0 Å². The second-order valence-corrected chi connectivity index (χ2v) is 5.71. The fraction of sp³-hybridized carbons (Fsp3) is 0.625. The van der Waals surface area contributed by atoms with E-state index in [1.807, 2.05) is 6.07 Å². The van der Waals surface area contributed by atoms with Gasteiger partial charge in [0.25, 0.3) is 0 Å². The van der Waals surface area contributed by atoms with Crippen LogP contribution in [0, 0.1) is 0 Å². The predicted octanol–water partition coefficient (Wildman–Crippen LogP) is 1.55. The highest BCUT2D eigenvalue weighted by Gasteiger charge is 2.32. The van der Waals surface area contributed by atoms with Crippen LogP contribution in [0.1, 0.15) is 12.8 Å². The Bertz CT molecular complexity index is 398. The Morgan fingerprint density at radius 2 is 2.05 bits per heavy atom. The minimum atomic E-state index is 0.402. The van der Waals surface area contributed by atoms with E-state index in [-0.39, 0.29) is 0 Å². The van der Waals surface area contributed by atoms with E-state index in [0.717, 1.165) is 39.2 Å². The van der Waals surface area contributed by atoms with Crippen LogP contribution in [0.15, 0.2) is 30.3 Å². The lowest BCUT2D eigenvalue weighted by molar-refractivity contribution is -0.0718. The number of nitrogens with zero attached hydrogens (tertiary/aromatic N) is 1. The number of morpholine rings is 1. The molecule has 2 aliphatic rings. The molecule has 0 aliphatic carbocycles. The minimum Gasteiger partial charge on any atom is -0.385 e. The lowest BCUT2D eigenvalue weighted by Gasteiger charge is -2.42. The topological polar surface area (TPSA) is 36.5 Å². The molecule has 2 saturated heterocycles. The maximum Gasteiger partial charge on any atom is 0.0855 e. The Morgan fingerprint density at radius 3 is 2.95 bits per heavy atom. The molecule has 1 aromatic carbocycles. The smallest absolute Gasteiger partial charge is 0.0855 e. The lowest BCUT2D eigenvalue weighted by atomic mass is 10.0.